The number of carbonyl (C=O) groups excluding carboxylic acids is 1. The lowest BCUT2D eigenvalue weighted by atomic mass is 10.1. The van der Waals surface area contributed by atoms with Crippen LogP contribution in [0.2, 0.25) is 0 Å². The van der Waals surface area contributed by atoms with Crippen molar-refractivity contribution in [2.24, 2.45) is 0 Å². The molecule has 5 nitrogen and oxygen atoms in total. The molecule has 1 heterocycles. The standard InChI is InChI=1S/C18H25N3O2/c1-16-3-5-17(6-4-16)15-18(22)21(8-2-7-19)10-9-20-11-13-23-14-12-20/h3-6H,2,8-15H2,1H3. The minimum Gasteiger partial charge on any atom is -0.379 e. The number of benzene rings is 1. The van der Waals surface area contributed by atoms with E-state index in [1.54, 1.807) is 0 Å². The molecule has 1 saturated heterocycles. The Morgan fingerprint density at radius 3 is 2.61 bits per heavy atom. The van der Waals surface area contributed by atoms with Gasteiger partial charge in [0.1, 0.15) is 0 Å². The van der Waals surface area contributed by atoms with Gasteiger partial charge in [0.05, 0.1) is 32.1 Å². The summed E-state index contributed by atoms with van der Waals surface area (Å²) in [6, 6.07) is 10.2. The Hall–Kier alpha value is -1.90. The van der Waals surface area contributed by atoms with E-state index in [4.69, 9.17) is 10.00 Å². The van der Waals surface area contributed by atoms with Crippen LogP contribution in [0.3, 0.4) is 0 Å². The fourth-order valence-electron chi connectivity index (χ4n) is 2.63. The van der Waals surface area contributed by atoms with Gasteiger partial charge >= 0.3 is 0 Å². The highest BCUT2D eigenvalue weighted by Crippen LogP contribution is 2.07. The number of hydrogen-bond acceptors (Lipinski definition) is 4. The average Bonchev–Trinajstić information content (AvgIpc) is 2.58. The first kappa shape index (κ1) is 17.5. The third-order valence-electron chi connectivity index (χ3n) is 4.11. The number of ether oxygens (including phenoxy) is 1. The molecule has 0 atom stereocenters. The number of carbonyl (C=O) groups is 1. The van der Waals surface area contributed by atoms with Crippen LogP contribution in [-0.4, -0.2) is 61.6 Å². The zero-order chi connectivity index (χ0) is 16.5. The summed E-state index contributed by atoms with van der Waals surface area (Å²) in [6.07, 6.45) is 0.775. The molecule has 1 aromatic rings. The predicted octanol–water partition coefficient (Wildman–Crippen LogP) is 1.61. The van der Waals surface area contributed by atoms with Crippen LogP contribution < -0.4 is 0 Å². The highest BCUT2D eigenvalue weighted by molar-refractivity contribution is 5.78. The summed E-state index contributed by atoms with van der Waals surface area (Å²) in [5.74, 6) is 0.0948. The fraction of sp³-hybridized carbons (Fsp3) is 0.556. The van der Waals surface area contributed by atoms with E-state index in [0.717, 1.165) is 38.4 Å². The van der Waals surface area contributed by atoms with Crippen molar-refractivity contribution in [3.8, 4) is 6.07 Å². The number of aryl methyl sites for hydroxylation is 1. The molecule has 0 saturated carbocycles. The van der Waals surface area contributed by atoms with Gasteiger partial charge in [-0.15, -0.1) is 0 Å². The third-order valence-corrected chi connectivity index (χ3v) is 4.11. The Labute approximate surface area is 138 Å². The first-order chi connectivity index (χ1) is 11.2. The topological polar surface area (TPSA) is 56.6 Å². The van der Waals surface area contributed by atoms with Gasteiger partial charge in [0, 0.05) is 32.7 Å². The second kappa shape index (κ2) is 9.29. The third kappa shape index (κ3) is 6.01. The molecule has 0 aliphatic carbocycles. The number of morpholine rings is 1. The van der Waals surface area contributed by atoms with Crippen molar-refractivity contribution in [2.45, 2.75) is 19.8 Å². The maximum absolute atomic E-state index is 12.5. The first-order valence-corrected chi connectivity index (χ1v) is 8.19. The number of nitriles is 1. The van der Waals surface area contributed by atoms with E-state index in [1.165, 1.54) is 5.56 Å². The lowest BCUT2D eigenvalue weighted by molar-refractivity contribution is -0.130. The van der Waals surface area contributed by atoms with Crippen molar-refractivity contribution >= 4 is 5.91 Å². The largest absolute Gasteiger partial charge is 0.379 e. The fourth-order valence-corrected chi connectivity index (χ4v) is 2.63. The van der Waals surface area contributed by atoms with Crippen LogP contribution in [0.5, 0.6) is 0 Å². The predicted molar refractivity (Wildman–Crippen MR) is 89.0 cm³/mol. The molecule has 1 aliphatic heterocycles. The molecule has 0 spiro atoms. The minimum absolute atomic E-state index is 0.0948. The average molecular weight is 315 g/mol. The first-order valence-electron chi connectivity index (χ1n) is 8.19. The van der Waals surface area contributed by atoms with Gasteiger partial charge in [-0.05, 0) is 12.5 Å². The van der Waals surface area contributed by atoms with E-state index in [-0.39, 0.29) is 5.91 Å². The molecule has 1 amide bonds. The summed E-state index contributed by atoms with van der Waals surface area (Å²) in [4.78, 5) is 16.7. The van der Waals surface area contributed by atoms with Gasteiger partial charge in [0.25, 0.3) is 0 Å². The Morgan fingerprint density at radius 2 is 1.96 bits per heavy atom. The lowest BCUT2D eigenvalue weighted by Crippen LogP contribution is -2.43. The van der Waals surface area contributed by atoms with Crippen LogP contribution in [0.25, 0.3) is 0 Å². The van der Waals surface area contributed by atoms with E-state index >= 15 is 0 Å². The van der Waals surface area contributed by atoms with Gasteiger partial charge in [-0.3, -0.25) is 9.69 Å². The summed E-state index contributed by atoms with van der Waals surface area (Å²) >= 11 is 0. The van der Waals surface area contributed by atoms with Gasteiger partial charge in [0.15, 0.2) is 0 Å². The number of rotatable bonds is 7. The number of amides is 1. The van der Waals surface area contributed by atoms with Crippen LogP contribution in [-0.2, 0) is 16.0 Å². The van der Waals surface area contributed by atoms with Crippen LogP contribution >= 0.6 is 0 Å². The van der Waals surface area contributed by atoms with Crippen molar-refractivity contribution in [1.82, 2.24) is 9.80 Å². The van der Waals surface area contributed by atoms with Gasteiger partial charge in [0.2, 0.25) is 5.91 Å². The smallest absolute Gasteiger partial charge is 0.227 e. The van der Waals surface area contributed by atoms with Crippen molar-refractivity contribution in [3.63, 3.8) is 0 Å². The molecule has 124 valence electrons. The van der Waals surface area contributed by atoms with E-state index in [1.807, 2.05) is 36.1 Å². The van der Waals surface area contributed by atoms with Crippen LogP contribution in [0, 0.1) is 18.3 Å². The second-order valence-electron chi connectivity index (χ2n) is 5.91. The monoisotopic (exact) mass is 315 g/mol. The highest BCUT2D eigenvalue weighted by Gasteiger charge is 2.16. The van der Waals surface area contributed by atoms with Crippen LogP contribution in [0.1, 0.15) is 17.5 Å². The summed E-state index contributed by atoms with van der Waals surface area (Å²) in [6.45, 7) is 7.40. The van der Waals surface area contributed by atoms with Crippen molar-refractivity contribution in [1.29, 1.82) is 5.26 Å². The molecule has 0 unspecified atom stereocenters. The van der Waals surface area contributed by atoms with E-state index in [2.05, 4.69) is 11.0 Å². The lowest BCUT2D eigenvalue weighted by Gasteiger charge is -2.30. The van der Waals surface area contributed by atoms with Gasteiger partial charge in [-0.25, -0.2) is 0 Å². The molecule has 0 N–H and O–H groups in total. The zero-order valence-corrected chi connectivity index (χ0v) is 13.8. The van der Waals surface area contributed by atoms with Crippen molar-refractivity contribution in [3.05, 3.63) is 35.4 Å². The molecule has 0 bridgehead atoms. The van der Waals surface area contributed by atoms with Crippen LogP contribution in [0.15, 0.2) is 24.3 Å². The molecular formula is C18H25N3O2. The molecular weight excluding hydrogens is 290 g/mol. The van der Waals surface area contributed by atoms with E-state index in [9.17, 15) is 4.79 Å². The van der Waals surface area contributed by atoms with Crippen molar-refractivity contribution < 1.29 is 9.53 Å². The Balaban J connectivity index is 1.88. The Morgan fingerprint density at radius 1 is 1.26 bits per heavy atom. The van der Waals surface area contributed by atoms with E-state index < -0.39 is 0 Å². The van der Waals surface area contributed by atoms with Crippen LogP contribution in [0.4, 0.5) is 0 Å². The second-order valence-corrected chi connectivity index (χ2v) is 5.91. The summed E-state index contributed by atoms with van der Waals surface area (Å²) in [7, 11) is 0. The molecule has 23 heavy (non-hydrogen) atoms. The normalized spacial score (nSPS) is 15.1. The SMILES string of the molecule is Cc1ccc(CC(=O)N(CCC#N)CCN2CCOCC2)cc1. The maximum atomic E-state index is 12.5. The molecule has 5 heteroatoms. The quantitative estimate of drug-likeness (QED) is 0.767. The summed E-state index contributed by atoms with van der Waals surface area (Å²) < 4.78 is 5.34. The molecule has 1 aliphatic rings. The molecule has 2 rings (SSSR count). The molecule has 1 fully saturated rings. The number of hydrogen-bond donors (Lipinski definition) is 0. The molecule has 0 aromatic heterocycles. The molecule has 1 aromatic carbocycles. The summed E-state index contributed by atoms with van der Waals surface area (Å²) in [5.41, 5.74) is 2.21. The van der Waals surface area contributed by atoms with Gasteiger partial charge < -0.3 is 9.64 Å². The minimum atomic E-state index is 0.0948. The van der Waals surface area contributed by atoms with Gasteiger partial charge in [-0.1, -0.05) is 29.8 Å². The van der Waals surface area contributed by atoms with Crippen molar-refractivity contribution in [2.75, 3.05) is 45.9 Å². The Bertz CT molecular complexity index is 530. The number of nitrogens with zero attached hydrogens (tertiary/aromatic N) is 3. The zero-order valence-electron chi connectivity index (χ0n) is 13.8. The maximum Gasteiger partial charge on any atom is 0.227 e. The highest BCUT2D eigenvalue weighted by atomic mass is 16.5. The summed E-state index contributed by atoms with van der Waals surface area (Å²) in [5, 5.41) is 8.82. The van der Waals surface area contributed by atoms with E-state index in [0.29, 0.717) is 25.9 Å². The Kier molecular flexibility index (Phi) is 7.05. The molecule has 0 radical (unpaired) electrons. The van der Waals surface area contributed by atoms with Gasteiger partial charge in [-0.2, -0.15) is 5.26 Å².